The van der Waals surface area contributed by atoms with Crippen LogP contribution in [0.1, 0.15) is 23.8 Å². The average molecular weight is 383 g/mol. The molecule has 8 nitrogen and oxygen atoms in total. The zero-order chi connectivity index (χ0) is 19.7. The van der Waals surface area contributed by atoms with Crippen LogP contribution in [0.3, 0.4) is 0 Å². The van der Waals surface area contributed by atoms with Crippen LogP contribution in [0, 0.1) is 5.82 Å². The number of para-hydroxylation sites is 1. The van der Waals surface area contributed by atoms with Crippen molar-refractivity contribution in [2.45, 2.75) is 25.9 Å². The van der Waals surface area contributed by atoms with Gasteiger partial charge in [-0.05, 0) is 19.1 Å². The topological polar surface area (TPSA) is 93.3 Å². The fraction of sp³-hybridized carbons (Fsp3) is 0.263. The van der Waals surface area contributed by atoms with Gasteiger partial charge in [-0.3, -0.25) is 14.3 Å². The maximum atomic E-state index is 14.0. The van der Waals surface area contributed by atoms with Gasteiger partial charge < -0.3 is 14.7 Å². The highest BCUT2D eigenvalue weighted by Gasteiger charge is 2.33. The first-order valence-electron chi connectivity index (χ1n) is 8.90. The van der Waals surface area contributed by atoms with Crippen LogP contribution in [0.2, 0.25) is 0 Å². The van der Waals surface area contributed by atoms with Crippen LogP contribution in [0.15, 0.2) is 47.2 Å². The molecule has 1 aromatic carbocycles. The third-order valence-corrected chi connectivity index (χ3v) is 4.59. The first-order chi connectivity index (χ1) is 13.5. The van der Waals surface area contributed by atoms with E-state index >= 15 is 0 Å². The van der Waals surface area contributed by atoms with E-state index < -0.39 is 17.8 Å². The molecule has 0 bridgehead atoms. The maximum absolute atomic E-state index is 14.0. The second-order valence-electron chi connectivity index (χ2n) is 6.49. The summed E-state index contributed by atoms with van der Waals surface area (Å²) in [5.41, 5.74) is 1.03. The molecule has 28 heavy (non-hydrogen) atoms. The molecule has 3 aromatic rings. The van der Waals surface area contributed by atoms with Crippen molar-refractivity contribution in [3.8, 4) is 11.3 Å². The summed E-state index contributed by atoms with van der Waals surface area (Å²) >= 11 is 0. The van der Waals surface area contributed by atoms with Gasteiger partial charge in [0, 0.05) is 31.8 Å². The number of hydrogen-bond donors (Lipinski definition) is 1. The van der Waals surface area contributed by atoms with Gasteiger partial charge >= 0.3 is 0 Å². The molecule has 9 heteroatoms. The number of aryl methyl sites for hydroxylation is 1. The van der Waals surface area contributed by atoms with E-state index in [1.807, 2.05) is 6.92 Å². The maximum Gasteiger partial charge on any atom is 0.273 e. The van der Waals surface area contributed by atoms with E-state index in [-0.39, 0.29) is 30.3 Å². The number of anilines is 1. The molecule has 0 spiro atoms. The van der Waals surface area contributed by atoms with Crippen molar-refractivity contribution in [1.82, 2.24) is 20.3 Å². The Labute approximate surface area is 159 Å². The van der Waals surface area contributed by atoms with Crippen LogP contribution in [0.4, 0.5) is 10.1 Å². The smallest absolute Gasteiger partial charge is 0.273 e. The van der Waals surface area contributed by atoms with Crippen molar-refractivity contribution >= 4 is 17.5 Å². The number of hydrogen-bond acceptors (Lipinski definition) is 5. The van der Waals surface area contributed by atoms with E-state index in [2.05, 4.69) is 15.6 Å². The molecule has 1 atom stereocenters. The van der Waals surface area contributed by atoms with Gasteiger partial charge in [-0.2, -0.15) is 5.10 Å². The van der Waals surface area contributed by atoms with Crippen molar-refractivity contribution in [2.75, 3.05) is 11.4 Å². The van der Waals surface area contributed by atoms with E-state index in [1.54, 1.807) is 29.2 Å². The highest BCUT2D eigenvalue weighted by Crippen LogP contribution is 2.25. The lowest BCUT2D eigenvalue weighted by Crippen LogP contribution is -2.37. The molecular formula is C19H18FN5O3. The molecule has 2 amide bonds. The first-order valence-corrected chi connectivity index (χ1v) is 8.90. The largest absolute Gasteiger partial charge is 0.355 e. The van der Waals surface area contributed by atoms with Crippen LogP contribution in [-0.2, 0) is 11.3 Å². The summed E-state index contributed by atoms with van der Waals surface area (Å²) in [5, 5.41) is 10.7. The fourth-order valence-electron chi connectivity index (χ4n) is 3.15. The van der Waals surface area contributed by atoms with Gasteiger partial charge in [0.2, 0.25) is 5.91 Å². The molecule has 1 saturated heterocycles. The molecule has 1 N–H and O–H groups in total. The lowest BCUT2D eigenvalue weighted by Gasteiger charge is -2.17. The van der Waals surface area contributed by atoms with E-state index in [0.29, 0.717) is 5.76 Å². The Bertz CT molecular complexity index is 1030. The number of carbonyl (C=O) groups excluding carboxylic acids is 2. The molecule has 1 aliphatic heterocycles. The molecule has 4 rings (SSSR count). The SMILES string of the molecule is CCn1cc(-c2cc(C(=O)N[C@H]3CC(=O)N(c4ccccc4F)C3)no2)cn1. The molecule has 0 unspecified atom stereocenters. The zero-order valence-corrected chi connectivity index (χ0v) is 15.1. The van der Waals surface area contributed by atoms with E-state index in [9.17, 15) is 14.0 Å². The third-order valence-electron chi connectivity index (χ3n) is 4.59. The summed E-state index contributed by atoms with van der Waals surface area (Å²) < 4.78 is 20.9. The molecule has 1 aliphatic rings. The standard InChI is InChI=1S/C19H18FN5O3/c1-2-24-10-12(9-21-24)17-8-15(23-28-17)19(27)22-13-7-18(26)25(11-13)16-6-4-3-5-14(16)20/h3-6,8-10,13H,2,7,11H2,1H3,(H,22,27)/t13-/m0/s1. The van der Waals surface area contributed by atoms with Crippen molar-refractivity contribution in [2.24, 2.45) is 0 Å². The Morgan fingerprint density at radius 2 is 2.21 bits per heavy atom. The van der Waals surface area contributed by atoms with E-state index in [4.69, 9.17) is 4.52 Å². The monoisotopic (exact) mass is 383 g/mol. The summed E-state index contributed by atoms with van der Waals surface area (Å²) in [6, 6.07) is 7.14. The Balaban J connectivity index is 1.43. The molecule has 2 aromatic heterocycles. The van der Waals surface area contributed by atoms with Gasteiger partial charge in [-0.15, -0.1) is 0 Å². The number of aromatic nitrogens is 3. The van der Waals surface area contributed by atoms with Crippen LogP contribution >= 0.6 is 0 Å². The second kappa shape index (κ2) is 7.26. The van der Waals surface area contributed by atoms with Gasteiger partial charge in [0.15, 0.2) is 11.5 Å². The Morgan fingerprint density at radius 1 is 1.39 bits per heavy atom. The summed E-state index contributed by atoms with van der Waals surface area (Å²) in [4.78, 5) is 26.0. The summed E-state index contributed by atoms with van der Waals surface area (Å²) in [5.74, 6) is -0.744. The van der Waals surface area contributed by atoms with Gasteiger partial charge in [0.05, 0.1) is 23.5 Å². The average Bonchev–Trinajstić information content (AvgIpc) is 3.41. The number of amides is 2. The number of halogens is 1. The third kappa shape index (κ3) is 3.38. The normalized spacial score (nSPS) is 16.6. The van der Waals surface area contributed by atoms with Crippen LogP contribution < -0.4 is 10.2 Å². The lowest BCUT2D eigenvalue weighted by molar-refractivity contribution is -0.117. The Hall–Kier alpha value is -3.49. The second-order valence-corrected chi connectivity index (χ2v) is 6.49. The Kier molecular flexibility index (Phi) is 4.64. The van der Waals surface area contributed by atoms with Gasteiger partial charge in [-0.25, -0.2) is 4.39 Å². The molecule has 0 aliphatic carbocycles. The van der Waals surface area contributed by atoms with Crippen LogP contribution in [0.25, 0.3) is 11.3 Å². The van der Waals surface area contributed by atoms with E-state index in [1.165, 1.54) is 23.1 Å². The van der Waals surface area contributed by atoms with Crippen molar-refractivity contribution in [3.05, 3.63) is 54.2 Å². The number of rotatable bonds is 5. The van der Waals surface area contributed by atoms with Crippen molar-refractivity contribution in [3.63, 3.8) is 0 Å². The van der Waals surface area contributed by atoms with Crippen molar-refractivity contribution < 1.29 is 18.5 Å². The zero-order valence-electron chi connectivity index (χ0n) is 15.1. The predicted molar refractivity (Wildman–Crippen MR) is 98.0 cm³/mol. The summed E-state index contributed by atoms with van der Waals surface area (Å²) in [6.07, 6.45) is 3.52. The van der Waals surface area contributed by atoms with Crippen LogP contribution in [0.5, 0.6) is 0 Å². The minimum Gasteiger partial charge on any atom is -0.355 e. The molecule has 3 heterocycles. The lowest BCUT2D eigenvalue weighted by atomic mass is 10.2. The molecule has 144 valence electrons. The number of nitrogens with one attached hydrogen (secondary N) is 1. The molecular weight excluding hydrogens is 365 g/mol. The quantitative estimate of drug-likeness (QED) is 0.729. The molecule has 0 saturated carbocycles. The fourth-order valence-corrected chi connectivity index (χ4v) is 3.15. The summed E-state index contributed by atoms with van der Waals surface area (Å²) in [7, 11) is 0. The number of carbonyl (C=O) groups is 2. The summed E-state index contributed by atoms with van der Waals surface area (Å²) in [6.45, 7) is 2.87. The van der Waals surface area contributed by atoms with Crippen LogP contribution in [-0.4, -0.2) is 39.3 Å². The molecule has 1 fully saturated rings. The molecule has 0 radical (unpaired) electrons. The highest BCUT2D eigenvalue weighted by molar-refractivity contribution is 5.98. The minimum atomic E-state index is -0.475. The van der Waals surface area contributed by atoms with E-state index in [0.717, 1.165) is 12.1 Å². The van der Waals surface area contributed by atoms with Gasteiger partial charge in [0.1, 0.15) is 5.82 Å². The number of nitrogens with zero attached hydrogens (tertiary/aromatic N) is 4. The number of benzene rings is 1. The van der Waals surface area contributed by atoms with Crippen molar-refractivity contribution in [1.29, 1.82) is 0 Å². The predicted octanol–water partition coefficient (Wildman–Crippen LogP) is 2.23. The van der Waals surface area contributed by atoms with Gasteiger partial charge in [0.25, 0.3) is 5.91 Å². The minimum absolute atomic E-state index is 0.0913. The highest BCUT2D eigenvalue weighted by atomic mass is 19.1. The Morgan fingerprint density at radius 3 is 2.96 bits per heavy atom. The van der Waals surface area contributed by atoms with Gasteiger partial charge in [-0.1, -0.05) is 17.3 Å². The first kappa shape index (κ1) is 17.9.